The number of nitrogens with zero attached hydrogens (tertiary/aromatic N) is 2. The number of cyclic esters (lactones) is 1. The fourth-order valence-corrected chi connectivity index (χ4v) is 5.23. The van der Waals surface area contributed by atoms with Gasteiger partial charge in [0.05, 0.1) is 13.0 Å². The van der Waals surface area contributed by atoms with Crippen LogP contribution in [0.1, 0.15) is 44.3 Å². The molecule has 0 aliphatic carbocycles. The summed E-state index contributed by atoms with van der Waals surface area (Å²) in [4.78, 5) is 47.8. The Bertz CT molecular complexity index is 930. The topological polar surface area (TPSA) is 110 Å². The molecule has 4 bridgehead atoms. The molecular weight excluding hydrogens is 468 g/mol. The van der Waals surface area contributed by atoms with Gasteiger partial charge in [-0.2, -0.15) is 12.6 Å². The molecule has 0 saturated carbocycles. The summed E-state index contributed by atoms with van der Waals surface area (Å²) in [6.45, 7) is 5.69. The van der Waals surface area contributed by atoms with Gasteiger partial charge in [0.25, 0.3) is 0 Å². The Balaban J connectivity index is 1.92. The van der Waals surface area contributed by atoms with Crippen molar-refractivity contribution in [2.75, 3.05) is 11.5 Å². The van der Waals surface area contributed by atoms with Crippen molar-refractivity contribution in [3.63, 3.8) is 0 Å². The monoisotopic (exact) mass is 496 g/mol. The second kappa shape index (κ2) is 10.8. The molecule has 8 nitrogen and oxygen atoms in total. The summed E-state index contributed by atoms with van der Waals surface area (Å²) in [6, 6.07) is -0.855. The van der Waals surface area contributed by atoms with E-state index in [0.29, 0.717) is 28.7 Å². The van der Waals surface area contributed by atoms with Crippen LogP contribution in [0.2, 0.25) is 0 Å². The lowest BCUT2D eigenvalue weighted by molar-refractivity contribution is -0.153. The summed E-state index contributed by atoms with van der Waals surface area (Å²) in [7, 11) is 0. The lowest BCUT2D eigenvalue weighted by Crippen LogP contribution is -2.53. The number of hydrogen-bond acceptors (Lipinski definition) is 9. The molecule has 174 valence electrons. The minimum absolute atomic E-state index is 0.0217. The Hall–Kier alpha value is -1.85. The average molecular weight is 497 g/mol. The zero-order valence-electron chi connectivity index (χ0n) is 18.3. The first-order chi connectivity index (χ1) is 15.2. The van der Waals surface area contributed by atoms with Crippen molar-refractivity contribution in [1.29, 1.82) is 0 Å². The van der Waals surface area contributed by atoms with Gasteiger partial charge in [0, 0.05) is 11.1 Å². The molecule has 0 radical (unpaired) electrons. The number of thiazole rings is 1. The van der Waals surface area contributed by atoms with Crippen LogP contribution in [0.3, 0.4) is 0 Å². The first kappa shape index (κ1) is 24.8. The van der Waals surface area contributed by atoms with Crippen LogP contribution >= 0.6 is 35.7 Å². The van der Waals surface area contributed by atoms with Crippen LogP contribution in [-0.4, -0.2) is 57.0 Å². The van der Waals surface area contributed by atoms with Crippen molar-refractivity contribution < 1.29 is 19.1 Å². The average Bonchev–Trinajstić information content (AvgIpc) is 3.37. The third kappa shape index (κ3) is 6.14. The zero-order valence-corrected chi connectivity index (χ0v) is 20.8. The summed E-state index contributed by atoms with van der Waals surface area (Å²) in [5.41, 5.74) is -0.311. The highest BCUT2D eigenvalue weighted by Crippen LogP contribution is 2.32. The van der Waals surface area contributed by atoms with Crippen molar-refractivity contribution in [1.82, 2.24) is 15.6 Å². The Kier molecular flexibility index (Phi) is 8.40. The minimum Gasteiger partial charge on any atom is -0.456 e. The molecule has 1 aromatic heterocycles. The van der Waals surface area contributed by atoms with Crippen molar-refractivity contribution in [2.45, 2.75) is 57.8 Å². The molecule has 32 heavy (non-hydrogen) atoms. The van der Waals surface area contributed by atoms with E-state index in [4.69, 9.17) is 4.74 Å². The molecule has 2 amide bonds. The Morgan fingerprint density at radius 1 is 1.38 bits per heavy atom. The molecule has 0 fully saturated rings. The number of hydrogen-bond donors (Lipinski definition) is 3. The molecular formula is C21H28N4O4S3. The van der Waals surface area contributed by atoms with Crippen LogP contribution in [0.4, 0.5) is 0 Å². The predicted molar refractivity (Wildman–Crippen MR) is 130 cm³/mol. The molecule has 2 aliphatic heterocycles. The molecule has 0 spiro atoms. The highest BCUT2D eigenvalue weighted by molar-refractivity contribution is 8.14. The summed E-state index contributed by atoms with van der Waals surface area (Å²) in [6.07, 6.45) is 3.44. The van der Waals surface area contributed by atoms with Crippen LogP contribution in [0.5, 0.6) is 0 Å². The molecule has 2 aliphatic rings. The highest BCUT2D eigenvalue weighted by Gasteiger charge is 2.41. The second-order valence-electron chi connectivity index (χ2n) is 8.20. The number of carbonyl (C=O) groups excluding carboxylic acids is 3. The zero-order chi connectivity index (χ0) is 23.3. The maximum Gasteiger partial charge on any atom is 0.329 e. The quantitative estimate of drug-likeness (QED) is 0.335. The van der Waals surface area contributed by atoms with Gasteiger partial charge in [0.2, 0.25) is 11.8 Å². The van der Waals surface area contributed by atoms with E-state index in [1.165, 1.54) is 23.1 Å². The predicted octanol–water partition coefficient (Wildman–Crippen LogP) is 2.34. The number of allylic oxidation sites excluding steroid dienone is 1. The normalized spacial score (nSPS) is 27.3. The number of aromatic nitrogens is 1. The maximum atomic E-state index is 13.1. The standard InChI is InChI=1S/C21H28N4O4S3/c1-12(2)17-19(27)29-13(6-4-5-7-30)8-15(26)22-9-16-23-14(10-31-16)18-25-21(3,11-32-18)20(28)24-17/h4,6,10,12-13,17,30H,5,7-9,11H2,1-3H3,(H,22,26)(H,24,28)/b6-4+/t13-,17?,21+/m1/s1. The Labute approximate surface area is 201 Å². The number of nitrogens with one attached hydrogen (secondary N) is 2. The van der Waals surface area contributed by atoms with Gasteiger partial charge >= 0.3 is 5.97 Å². The van der Waals surface area contributed by atoms with Crippen LogP contribution in [0, 0.1) is 5.92 Å². The van der Waals surface area contributed by atoms with Crippen molar-refractivity contribution in [2.24, 2.45) is 10.9 Å². The minimum atomic E-state index is -1.01. The van der Waals surface area contributed by atoms with Gasteiger partial charge in [-0.15, -0.1) is 23.1 Å². The van der Waals surface area contributed by atoms with E-state index >= 15 is 0 Å². The largest absolute Gasteiger partial charge is 0.456 e. The number of amides is 2. The van der Waals surface area contributed by atoms with E-state index < -0.39 is 23.7 Å². The Morgan fingerprint density at radius 3 is 2.88 bits per heavy atom. The number of fused-ring (bicyclic) bond motifs is 4. The molecule has 3 rings (SSSR count). The SMILES string of the molecule is CC(C)C1NC(=O)[C@]2(C)CSC(=N2)c2csc(n2)CNC(=O)C[C@@H](/C=C/CCS)OC1=O. The van der Waals surface area contributed by atoms with Gasteiger partial charge in [0.15, 0.2) is 0 Å². The fraction of sp³-hybridized carbons (Fsp3) is 0.571. The van der Waals surface area contributed by atoms with Crippen LogP contribution in [0.15, 0.2) is 22.5 Å². The number of ether oxygens (including phenoxy) is 1. The number of thiol groups is 1. The van der Waals surface area contributed by atoms with Crippen molar-refractivity contribution >= 4 is 58.6 Å². The van der Waals surface area contributed by atoms with Crippen molar-refractivity contribution in [3.05, 3.63) is 28.2 Å². The van der Waals surface area contributed by atoms with Crippen LogP contribution < -0.4 is 10.6 Å². The van der Waals surface area contributed by atoms with Crippen LogP contribution in [0.25, 0.3) is 0 Å². The van der Waals surface area contributed by atoms with Gasteiger partial charge in [0.1, 0.15) is 33.4 Å². The van der Waals surface area contributed by atoms with Gasteiger partial charge in [-0.1, -0.05) is 19.9 Å². The molecule has 3 heterocycles. The smallest absolute Gasteiger partial charge is 0.329 e. The molecule has 2 N–H and O–H groups in total. The summed E-state index contributed by atoms with van der Waals surface area (Å²) in [5, 5.41) is 8.96. The molecule has 11 heteroatoms. The number of carbonyl (C=O) groups is 3. The third-order valence-corrected chi connectivity index (χ3v) is 7.43. The lowest BCUT2D eigenvalue weighted by atomic mass is 10.0. The van der Waals surface area contributed by atoms with Gasteiger partial charge < -0.3 is 15.4 Å². The van der Waals surface area contributed by atoms with Gasteiger partial charge in [-0.25, -0.2) is 9.78 Å². The van der Waals surface area contributed by atoms with Crippen LogP contribution in [-0.2, 0) is 25.7 Å². The Morgan fingerprint density at radius 2 is 2.16 bits per heavy atom. The summed E-state index contributed by atoms with van der Waals surface area (Å²) in [5.74, 6) is -0.282. The molecule has 1 aromatic rings. The number of esters is 1. The number of thioether (sulfide) groups is 1. The molecule has 1 unspecified atom stereocenters. The van der Waals surface area contributed by atoms with E-state index in [9.17, 15) is 14.4 Å². The van der Waals surface area contributed by atoms with E-state index in [1.807, 2.05) is 25.3 Å². The third-order valence-electron chi connectivity index (χ3n) is 5.04. The number of aliphatic imine (C=N–C) groups is 1. The van der Waals surface area contributed by atoms with Gasteiger partial charge in [-0.3, -0.25) is 14.6 Å². The first-order valence-corrected chi connectivity index (χ1v) is 12.9. The summed E-state index contributed by atoms with van der Waals surface area (Å²) >= 11 is 7.06. The van der Waals surface area contributed by atoms with E-state index in [1.54, 1.807) is 13.0 Å². The lowest BCUT2D eigenvalue weighted by Gasteiger charge is -2.27. The molecule has 3 atom stereocenters. The van der Waals surface area contributed by atoms with E-state index in [2.05, 4.69) is 33.2 Å². The maximum absolute atomic E-state index is 13.1. The van der Waals surface area contributed by atoms with E-state index in [0.717, 1.165) is 5.01 Å². The van der Waals surface area contributed by atoms with E-state index in [-0.39, 0.29) is 30.7 Å². The van der Waals surface area contributed by atoms with Crippen molar-refractivity contribution in [3.8, 4) is 0 Å². The number of rotatable bonds is 4. The highest BCUT2D eigenvalue weighted by atomic mass is 32.2. The molecule has 0 saturated heterocycles. The molecule has 0 aromatic carbocycles. The van der Waals surface area contributed by atoms with Gasteiger partial charge in [-0.05, 0) is 31.1 Å². The fourth-order valence-electron chi connectivity index (χ4n) is 3.15. The summed E-state index contributed by atoms with van der Waals surface area (Å²) < 4.78 is 5.65. The first-order valence-electron chi connectivity index (χ1n) is 10.4. The second-order valence-corrected chi connectivity index (χ2v) is 10.6.